The highest BCUT2D eigenvalue weighted by Crippen LogP contribution is 2.32. The summed E-state index contributed by atoms with van der Waals surface area (Å²) in [5.41, 5.74) is 4.52. The van der Waals surface area contributed by atoms with E-state index in [0.717, 1.165) is 53.1 Å². The number of pyridine rings is 1. The largest absolute Gasteiger partial charge is 0.387 e. The highest BCUT2D eigenvalue weighted by Gasteiger charge is 2.27. The third-order valence-electron chi connectivity index (χ3n) is 5.02. The molecule has 4 rings (SSSR count). The molecule has 3 heterocycles. The van der Waals surface area contributed by atoms with E-state index < -0.39 is 6.10 Å². The fourth-order valence-corrected chi connectivity index (χ4v) is 3.80. The van der Waals surface area contributed by atoms with E-state index in [1.165, 1.54) is 6.42 Å². The molecule has 25 heavy (non-hydrogen) atoms. The molecule has 0 radical (unpaired) electrons. The number of fused-ring (bicyclic) bond motifs is 1. The first-order valence-electron chi connectivity index (χ1n) is 8.99. The summed E-state index contributed by atoms with van der Waals surface area (Å²) in [5.74, 6) is 0. The average Bonchev–Trinajstić information content (AvgIpc) is 2.98. The van der Waals surface area contributed by atoms with Crippen LogP contribution in [0.5, 0.6) is 0 Å². The lowest BCUT2D eigenvalue weighted by Crippen LogP contribution is -2.38. The van der Waals surface area contributed by atoms with Crippen LogP contribution in [0.2, 0.25) is 0 Å². The van der Waals surface area contributed by atoms with E-state index in [1.54, 1.807) is 0 Å². The molecule has 1 aliphatic heterocycles. The monoisotopic (exact) mass is 336 g/mol. The summed E-state index contributed by atoms with van der Waals surface area (Å²) in [6.07, 6.45) is 2.79. The van der Waals surface area contributed by atoms with Crippen molar-refractivity contribution in [2.75, 3.05) is 6.54 Å². The second-order valence-electron chi connectivity index (χ2n) is 6.89. The van der Waals surface area contributed by atoms with Gasteiger partial charge in [-0.2, -0.15) is 5.10 Å². The fourth-order valence-electron chi connectivity index (χ4n) is 3.80. The molecule has 1 aliphatic rings. The number of benzene rings is 1. The molecule has 0 spiro atoms. The van der Waals surface area contributed by atoms with Gasteiger partial charge in [0.25, 0.3) is 0 Å². The summed E-state index contributed by atoms with van der Waals surface area (Å²) in [4.78, 5) is 4.73. The van der Waals surface area contributed by atoms with Gasteiger partial charge in [0.05, 0.1) is 17.5 Å². The van der Waals surface area contributed by atoms with E-state index in [-0.39, 0.29) is 6.04 Å². The van der Waals surface area contributed by atoms with Crippen molar-refractivity contribution in [2.45, 2.75) is 45.3 Å². The van der Waals surface area contributed by atoms with Gasteiger partial charge in [-0.25, -0.2) is 9.67 Å². The molecule has 0 bridgehead atoms. The van der Waals surface area contributed by atoms with Crippen LogP contribution in [0, 0.1) is 13.8 Å². The van der Waals surface area contributed by atoms with Crippen LogP contribution in [-0.4, -0.2) is 32.5 Å². The number of rotatable bonds is 3. The minimum Gasteiger partial charge on any atom is -0.387 e. The normalized spacial score (nSPS) is 19.2. The minimum absolute atomic E-state index is 0.0956. The number of nitrogens with zero attached hydrogens (tertiary/aromatic N) is 3. The van der Waals surface area contributed by atoms with Gasteiger partial charge >= 0.3 is 0 Å². The molecule has 5 heteroatoms. The van der Waals surface area contributed by atoms with Gasteiger partial charge < -0.3 is 10.4 Å². The molecule has 1 aromatic carbocycles. The van der Waals surface area contributed by atoms with E-state index in [4.69, 9.17) is 10.1 Å². The summed E-state index contributed by atoms with van der Waals surface area (Å²) < 4.78 is 1.88. The first-order valence-corrected chi connectivity index (χ1v) is 8.99. The average molecular weight is 336 g/mol. The molecule has 2 unspecified atom stereocenters. The minimum atomic E-state index is -0.545. The Morgan fingerprint density at radius 1 is 1.20 bits per heavy atom. The Bertz CT molecular complexity index is 882. The topological polar surface area (TPSA) is 63.0 Å². The van der Waals surface area contributed by atoms with E-state index in [2.05, 4.69) is 5.32 Å². The van der Waals surface area contributed by atoms with Crippen LogP contribution >= 0.6 is 0 Å². The zero-order chi connectivity index (χ0) is 17.4. The van der Waals surface area contributed by atoms with Gasteiger partial charge in [-0.05, 0) is 57.0 Å². The second-order valence-corrected chi connectivity index (χ2v) is 6.89. The van der Waals surface area contributed by atoms with E-state index in [9.17, 15) is 5.11 Å². The van der Waals surface area contributed by atoms with Crippen LogP contribution in [0.25, 0.3) is 16.7 Å². The first kappa shape index (κ1) is 16.2. The number of aromatic nitrogens is 3. The second kappa shape index (κ2) is 6.58. The maximum atomic E-state index is 11.0. The maximum Gasteiger partial charge on any atom is 0.163 e. The van der Waals surface area contributed by atoms with Crippen molar-refractivity contribution in [3.8, 4) is 5.69 Å². The number of hydrogen-bond acceptors (Lipinski definition) is 4. The number of aliphatic hydroxyl groups excluding tert-OH is 1. The Morgan fingerprint density at radius 2 is 2.00 bits per heavy atom. The van der Waals surface area contributed by atoms with Crippen molar-refractivity contribution in [1.29, 1.82) is 0 Å². The van der Waals surface area contributed by atoms with Crippen molar-refractivity contribution in [1.82, 2.24) is 20.1 Å². The SMILES string of the molecule is Cc1cc(C(O)C2CCCCN2)c2c(C)nn(-c3ccccc3)c2n1. The van der Waals surface area contributed by atoms with Crippen molar-refractivity contribution in [3.05, 3.63) is 53.3 Å². The van der Waals surface area contributed by atoms with Crippen LogP contribution in [0.1, 0.15) is 42.3 Å². The highest BCUT2D eigenvalue weighted by molar-refractivity contribution is 5.84. The van der Waals surface area contributed by atoms with Crippen molar-refractivity contribution in [2.24, 2.45) is 0 Å². The van der Waals surface area contributed by atoms with Gasteiger partial charge in [-0.3, -0.25) is 0 Å². The number of hydrogen-bond donors (Lipinski definition) is 2. The third-order valence-corrected chi connectivity index (χ3v) is 5.02. The predicted octanol–water partition coefficient (Wildman–Crippen LogP) is 3.21. The van der Waals surface area contributed by atoms with Crippen molar-refractivity contribution in [3.63, 3.8) is 0 Å². The smallest absolute Gasteiger partial charge is 0.163 e. The predicted molar refractivity (Wildman–Crippen MR) is 98.9 cm³/mol. The third kappa shape index (κ3) is 2.94. The summed E-state index contributed by atoms with van der Waals surface area (Å²) >= 11 is 0. The Balaban J connectivity index is 1.87. The lowest BCUT2D eigenvalue weighted by Gasteiger charge is -2.28. The molecule has 1 saturated heterocycles. The number of para-hydroxylation sites is 1. The number of piperidine rings is 1. The Hall–Kier alpha value is -2.24. The number of aryl methyl sites for hydroxylation is 2. The fraction of sp³-hybridized carbons (Fsp3) is 0.400. The summed E-state index contributed by atoms with van der Waals surface area (Å²) in [7, 11) is 0. The Labute approximate surface area is 147 Å². The first-order chi connectivity index (χ1) is 12.1. The molecule has 0 saturated carbocycles. The van der Waals surface area contributed by atoms with E-state index in [0.29, 0.717) is 0 Å². The lowest BCUT2D eigenvalue weighted by molar-refractivity contribution is 0.115. The molecule has 2 atom stereocenters. The van der Waals surface area contributed by atoms with Gasteiger partial charge in [0.15, 0.2) is 5.65 Å². The van der Waals surface area contributed by atoms with Crippen LogP contribution in [0.3, 0.4) is 0 Å². The summed E-state index contributed by atoms with van der Waals surface area (Å²) in [5, 5.41) is 20.2. The van der Waals surface area contributed by atoms with E-state index in [1.807, 2.05) is 54.9 Å². The maximum absolute atomic E-state index is 11.0. The molecule has 0 aliphatic carbocycles. The van der Waals surface area contributed by atoms with Crippen LogP contribution in [0.4, 0.5) is 0 Å². The molecule has 2 aromatic heterocycles. The molecule has 0 amide bonds. The molecular weight excluding hydrogens is 312 g/mol. The van der Waals surface area contributed by atoms with Crippen molar-refractivity contribution >= 4 is 11.0 Å². The Kier molecular flexibility index (Phi) is 4.27. The van der Waals surface area contributed by atoms with Gasteiger partial charge in [0, 0.05) is 17.1 Å². The summed E-state index contributed by atoms with van der Waals surface area (Å²) in [6.45, 7) is 4.93. The molecule has 2 N–H and O–H groups in total. The van der Waals surface area contributed by atoms with Crippen LogP contribution in [0.15, 0.2) is 36.4 Å². The lowest BCUT2D eigenvalue weighted by atomic mass is 9.93. The van der Waals surface area contributed by atoms with Crippen LogP contribution < -0.4 is 5.32 Å². The van der Waals surface area contributed by atoms with Gasteiger partial charge in [-0.1, -0.05) is 24.6 Å². The molecule has 3 aromatic rings. The molecule has 1 fully saturated rings. The quantitative estimate of drug-likeness (QED) is 0.771. The molecule has 5 nitrogen and oxygen atoms in total. The van der Waals surface area contributed by atoms with E-state index >= 15 is 0 Å². The zero-order valence-electron chi connectivity index (χ0n) is 14.7. The Morgan fingerprint density at radius 3 is 2.72 bits per heavy atom. The van der Waals surface area contributed by atoms with Crippen LogP contribution in [-0.2, 0) is 0 Å². The van der Waals surface area contributed by atoms with Crippen molar-refractivity contribution < 1.29 is 5.11 Å². The number of nitrogens with one attached hydrogen (secondary N) is 1. The van der Waals surface area contributed by atoms with Gasteiger partial charge in [0.1, 0.15) is 0 Å². The molecular formula is C20H24N4O. The van der Waals surface area contributed by atoms with Gasteiger partial charge in [0.2, 0.25) is 0 Å². The zero-order valence-corrected chi connectivity index (χ0v) is 14.7. The molecule has 130 valence electrons. The highest BCUT2D eigenvalue weighted by atomic mass is 16.3. The standard InChI is InChI=1S/C20H24N4O/c1-13-12-16(19(25)17-10-6-7-11-21-17)18-14(2)23-24(20(18)22-13)15-8-4-3-5-9-15/h3-5,8-9,12,17,19,21,25H,6-7,10-11H2,1-2H3. The number of aliphatic hydroxyl groups is 1. The summed E-state index contributed by atoms with van der Waals surface area (Å²) in [6, 6.07) is 12.1. The van der Waals surface area contributed by atoms with Gasteiger partial charge in [-0.15, -0.1) is 0 Å².